The van der Waals surface area contributed by atoms with Crippen molar-refractivity contribution in [1.82, 2.24) is 5.32 Å². The standard InChI is InChI=1S/C17H26N2O2/c1-12(18)17(7-8-17)13-5-6-15(20-2)16(10-13)21-14-4-3-9-19-11-14/h5-6,10,12,14,19H,3-4,7-9,11,18H2,1-2H3. The van der Waals surface area contributed by atoms with Crippen LogP contribution >= 0.6 is 0 Å². The molecule has 2 aliphatic rings. The van der Waals surface area contributed by atoms with E-state index in [0.29, 0.717) is 0 Å². The SMILES string of the molecule is COc1ccc(C2(C(C)N)CC2)cc1OC1CCCNC1. The third-order valence-electron chi connectivity index (χ3n) is 4.94. The molecule has 0 radical (unpaired) electrons. The molecular formula is C17H26N2O2. The molecule has 1 aliphatic carbocycles. The second-order valence-corrected chi connectivity index (χ2v) is 6.40. The topological polar surface area (TPSA) is 56.5 Å². The number of ether oxygens (including phenoxy) is 2. The monoisotopic (exact) mass is 290 g/mol. The number of methoxy groups -OCH3 is 1. The summed E-state index contributed by atoms with van der Waals surface area (Å²) in [6, 6.07) is 6.48. The van der Waals surface area contributed by atoms with E-state index in [2.05, 4.69) is 24.4 Å². The van der Waals surface area contributed by atoms with Crippen molar-refractivity contribution in [2.45, 2.75) is 50.2 Å². The van der Waals surface area contributed by atoms with E-state index in [1.54, 1.807) is 7.11 Å². The van der Waals surface area contributed by atoms with Gasteiger partial charge in [0.1, 0.15) is 6.10 Å². The van der Waals surface area contributed by atoms with Crippen molar-refractivity contribution in [2.75, 3.05) is 20.2 Å². The molecule has 0 bridgehead atoms. The van der Waals surface area contributed by atoms with Gasteiger partial charge in [-0.15, -0.1) is 0 Å². The second kappa shape index (κ2) is 5.85. The third kappa shape index (κ3) is 2.87. The van der Waals surface area contributed by atoms with Crippen molar-refractivity contribution >= 4 is 0 Å². The fraction of sp³-hybridized carbons (Fsp3) is 0.647. The Morgan fingerprint density at radius 1 is 1.33 bits per heavy atom. The van der Waals surface area contributed by atoms with E-state index in [4.69, 9.17) is 15.2 Å². The Kier molecular flexibility index (Phi) is 4.09. The van der Waals surface area contributed by atoms with E-state index in [0.717, 1.165) is 37.4 Å². The van der Waals surface area contributed by atoms with Gasteiger partial charge >= 0.3 is 0 Å². The van der Waals surface area contributed by atoms with Gasteiger partial charge in [0, 0.05) is 18.0 Å². The van der Waals surface area contributed by atoms with Gasteiger partial charge in [0.05, 0.1) is 7.11 Å². The molecular weight excluding hydrogens is 264 g/mol. The van der Waals surface area contributed by atoms with E-state index >= 15 is 0 Å². The third-order valence-corrected chi connectivity index (χ3v) is 4.94. The summed E-state index contributed by atoms with van der Waals surface area (Å²) < 4.78 is 11.7. The number of hydrogen-bond acceptors (Lipinski definition) is 4. The zero-order valence-electron chi connectivity index (χ0n) is 13.0. The van der Waals surface area contributed by atoms with E-state index in [1.165, 1.54) is 18.4 Å². The zero-order chi connectivity index (χ0) is 14.9. The minimum absolute atomic E-state index is 0.148. The number of rotatable bonds is 5. The van der Waals surface area contributed by atoms with Gasteiger partial charge < -0.3 is 20.5 Å². The van der Waals surface area contributed by atoms with Crippen LogP contribution in [-0.2, 0) is 5.41 Å². The van der Waals surface area contributed by atoms with Crippen LogP contribution in [-0.4, -0.2) is 32.3 Å². The van der Waals surface area contributed by atoms with Gasteiger partial charge in [-0.2, -0.15) is 0 Å². The molecule has 21 heavy (non-hydrogen) atoms. The highest BCUT2D eigenvalue weighted by molar-refractivity contribution is 5.47. The Bertz CT molecular complexity index is 492. The van der Waals surface area contributed by atoms with Gasteiger partial charge in [0.15, 0.2) is 11.5 Å². The highest BCUT2D eigenvalue weighted by Gasteiger charge is 2.47. The molecule has 2 unspecified atom stereocenters. The molecule has 1 saturated carbocycles. The summed E-state index contributed by atoms with van der Waals surface area (Å²) in [6.07, 6.45) is 4.83. The first kappa shape index (κ1) is 14.7. The highest BCUT2D eigenvalue weighted by Crippen LogP contribution is 2.51. The van der Waals surface area contributed by atoms with Gasteiger partial charge in [0.25, 0.3) is 0 Å². The average Bonchev–Trinajstić information content (AvgIpc) is 3.30. The molecule has 1 saturated heterocycles. The Labute approximate surface area is 127 Å². The fourth-order valence-corrected chi connectivity index (χ4v) is 3.32. The van der Waals surface area contributed by atoms with Gasteiger partial charge in [-0.1, -0.05) is 6.07 Å². The van der Waals surface area contributed by atoms with Gasteiger partial charge in [0.2, 0.25) is 0 Å². The van der Waals surface area contributed by atoms with Crippen LogP contribution in [0.2, 0.25) is 0 Å². The minimum Gasteiger partial charge on any atom is -0.493 e. The highest BCUT2D eigenvalue weighted by atomic mass is 16.5. The molecule has 3 N–H and O–H groups in total. The lowest BCUT2D eigenvalue weighted by molar-refractivity contribution is 0.161. The number of piperidine rings is 1. The molecule has 4 nitrogen and oxygen atoms in total. The van der Waals surface area contributed by atoms with Crippen molar-refractivity contribution in [3.63, 3.8) is 0 Å². The van der Waals surface area contributed by atoms with Crippen LogP contribution in [0, 0.1) is 0 Å². The van der Waals surface area contributed by atoms with Crippen molar-refractivity contribution in [3.05, 3.63) is 23.8 Å². The maximum Gasteiger partial charge on any atom is 0.161 e. The molecule has 1 aromatic carbocycles. The smallest absolute Gasteiger partial charge is 0.161 e. The van der Waals surface area contributed by atoms with Gasteiger partial charge in [-0.25, -0.2) is 0 Å². The van der Waals surface area contributed by atoms with E-state index in [9.17, 15) is 0 Å². The maximum atomic E-state index is 6.19. The van der Waals surface area contributed by atoms with Crippen LogP contribution in [0.15, 0.2) is 18.2 Å². The van der Waals surface area contributed by atoms with Crippen LogP contribution in [0.25, 0.3) is 0 Å². The van der Waals surface area contributed by atoms with E-state index in [-0.39, 0.29) is 17.6 Å². The van der Waals surface area contributed by atoms with Crippen molar-refractivity contribution in [3.8, 4) is 11.5 Å². The summed E-state index contributed by atoms with van der Waals surface area (Å²) in [5.74, 6) is 1.67. The van der Waals surface area contributed by atoms with Crippen LogP contribution < -0.4 is 20.5 Å². The predicted molar refractivity (Wildman–Crippen MR) is 84.1 cm³/mol. The number of hydrogen-bond donors (Lipinski definition) is 2. The Hall–Kier alpha value is -1.26. The Morgan fingerprint density at radius 3 is 2.71 bits per heavy atom. The van der Waals surface area contributed by atoms with Crippen LogP contribution in [0.5, 0.6) is 11.5 Å². The summed E-state index contributed by atoms with van der Waals surface area (Å²) in [6.45, 7) is 4.10. The van der Waals surface area contributed by atoms with E-state index in [1.807, 2.05) is 6.07 Å². The van der Waals surface area contributed by atoms with E-state index < -0.39 is 0 Å². The van der Waals surface area contributed by atoms with Crippen molar-refractivity contribution in [2.24, 2.45) is 5.73 Å². The van der Waals surface area contributed by atoms with Crippen LogP contribution in [0.4, 0.5) is 0 Å². The summed E-state index contributed by atoms with van der Waals surface area (Å²) >= 11 is 0. The normalized spacial score (nSPS) is 25.2. The number of nitrogens with one attached hydrogen (secondary N) is 1. The Balaban J connectivity index is 1.83. The lowest BCUT2D eigenvalue weighted by atomic mass is 9.89. The van der Waals surface area contributed by atoms with Gasteiger partial charge in [-0.05, 0) is 56.8 Å². The van der Waals surface area contributed by atoms with Crippen molar-refractivity contribution in [1.29, 1.82) is 0 Å². The molecule has 1 aliphatic heterocycles. The van der Waals surface area contributed by atoms with Crippen LogP contribution in [0.1, 0.15) is 38.2 Å². The van der Waals surface area contributed by atoms with Crippen LogP contribution in [0.3, 0.4) is 0 Å². The molecule has 2 atom stereocenters. The molecule has 116 valence electrons. The summed E-state index contributed by atoms with van der Waals surface area (Å²) in [5, 5.41) is 3.38. The number of nitrogens with two attached hydrogens (primary N) is 1. The predicted octanol–water partition coefficient (Wildman–Crippen LogP) is 2.20. The molecule has 3 rings (SSSR count). The largest absolute Gasteiger partial charge is 0.493 e. The average molecular weight is 290 g/mol. The minimum atomic E-state index is 0.148. The maximum absolute atomic E-state index is 6.19. The fourth-order valence-electron chi connectivity index (χ4n) is 3.32. The summed E-state index contributed by atoms with van der Waals surface area (Å²) in [5.41, 5.74) is 7.62. The first-order valence-corrected chi connectivity index (χ1v) is 7.97. The summed E-state index contributed by atoms with van der Waals surface area (Å²) in [4.78, 5) is 0. The molecule has 1 aromatic rings. The quantitative estimate of drug-likeness (QED) is 0.873. The first-order valence-electron chi connectivity index (χ1n) is 7.97. The van der Waals surface area contributed by atoms with Crippen molar-refractivity contribution < 1.29 is 9.47 Å². The number of benzene rings is 1. The molecule has 2 fully saturated rings. The molecule has 4 heteroatoms. The first-order chi connectivity index (χ1) is 10.2. The molecule has 0 spiro atoms. The second-order valence-electron chi connectivity index (χ2n) is 6.40. The van der Waals surface area contributed by atoms with Gasteiger partial charge in [-0.3, -0.25) is 0 Å². The molecule has 0 amide bonds. The lowest BCUT2D eigenvalue weighted by Gasteiger charge is -2.26. The summed E-state index contributed by atoms with van der Waals surface area (Å²) in [7, 11) is 1.69. The lowest BCUT2D eigenvalue weighted by Crippen LogP contribution is -2.37. The molecule has 0 aromatic heterocycles. The zero-order valence-corrected chi connectivity index (χ0v) is 13.0. The Morgan fingerprint density at radius 2 is 2.14 bits per heavy atom. The molecule has 1 heterocycles.